The van der Waals surface area contributed by atoms with Gasteiger partial charge in [-0.05, 0) is 19.1 Å². The van der Waals surface area contributed by atoms with Crippen LogP contribution < -0.4 is 14.8 Å². The summed E-state index contributed by atoms with van der Waals surface area (Å²) < 4.78 is 11.2. The number of benzene rings is 1. The van der Waals surface area contributed by atoms with E-state index >= 15 is 0 Å². The molecule has 0 saturated carbocycles. The fourth-order valence-electron chi connectivity index (χ4n) is 2.14. The molecule has 98 valence electrons. The first-order valence-corrected chi connectivity index (χ1v) is 6.38. The molecule has 1 heterocycles. The molecule has 1 aliphatic heterocycles. The first-order valence-electron chi connectivity index (χ1n) is 6.00. The van der Waals surface area contributed by atoms with Crippen molar-refractivity contribution in [2.24, 2.45) is 0 Å². The van der Waals surface area contributed by atoms with Gasteiger partial charge in [0.2, 0.25) is 0 Å². The third kappa shape index (κ3) is 2.98. The Balaban J connectivity index is 2.14. The van der Waals surface area contributed by atoms with Crippen LogP contribution in [0.3, 0.4) is 0 Å². The maximum Gasteiger partial charge on any atom is 0.123 e. The number of hydrogen-bond acceptors (Lipinski definition) is 3. The van der Waals surface area contributed by atoms with E-state index in [9.17, 15) is 0 Å². The molecule has 1 aromatic carbocycles. The van der Waals surface area contributed by atoms with Gasteiger partial charge >= 0.3 is 0 Å². The van der Waals surface area contributed by atoms with Crippen molar-refractivity contribution in [1.82, 2.24) is 5.32 Å². The van der Waals surface area contributed by atoms with Crippen LogP contribution in [0.25, 0.3) is 0 Å². The van der Waals surface area contributed by atoms with E-state index in [4.69, 9.17) is 21.1 Å². The van der Waals surface area contributed by atoms with E-state index in [0.717, 1.165) is 23.5 Å². The quantitative estimate of drug-likeness (QED) is 0.890. The maximum atomic E-state index is 5.75. The number of nitrogens with one attached hydrogen (secondary N) is 1. The van der Waals surface area contributed by atoms with Crippen molar-refractivity contribution in [2.45, 2.75) is 26.0 Å². The molecule has 18 heavy (non-hydrogen) atoms. The lowest BCUT2D eigenvalue weighted by atomic mass is 10.1. The molecule has 0 aromatic heterocycles. The summed E-state index contributed by atoms with van der Waals surface area (Å²) in [7, 11) is 1.69. The molecule has 0 aliphatic carbocycles. The zero-order valence-corrected chi connectivity index (χ0v) is 11.5. The molecule has 3 nitrogen and oxygen atoms in total. The van der Waals surface area contributed by atoms with E-state index in [1.165, 1.54) is 5.56 Å². The molecule has 1 unspecified atom stereocenters. The predicted octanol–water partition coefficient (Wildman–Crippen LogP) is 2.86. The van der Waals surface area contributed by atoms with Crippen molar-refractivity contribution in [3.63, 3.8) is 0 Å². The highest BCUT2D eigenvalue weighted by molar-refractivity contribution is 6.29. The monoisotopic (exact) mass is 267 g/mol. The van der Waals surface area contributed by atoms with Crippen LogP contribution in [0.1, 0.15) is 18.1 Å². The maximum absolute atomic E-state index is 5.75. The lowest BCUT2D eigenvalue weighted by molar-refractivity contribution is 0.254. The second-order valence-electron chi connectivity index (χ2n) is 4.53. The Kier molecular flexibility index (Phi) is 4.15. The summed E-state index contributed by atoms with van der Waals surface area (Å²) >= 11 is 5.72. The average Bonchev–Trinajstić information content (AvgIpc) is 2.66. The van der Waals surface area contributed by atoms with E-state index in [-0.39, 0.29) is 6.10 Å². The lowest BCUT2D eigenvalue weighted by Crippen LogP contribution is -2.15. The van der Waals surface area contributed by atoms with Crippen molar-refractivity contribution in [3.05, 3.63) is 34.9 Å². The van der Waals surface area contributed by atoms with Gasteiger partial charge in [-0.3, -0.25) is 0 Å². The van der Waals surface area contributed by atoms with Gasteiger partial charge in [0.15, 0.2) is 0 Å². The second kappa shape index (κ2) is 5.63. The fourth-order valence-corrected chi connectivity index (χ4v) is 2.24. The van der Waals surface area contributed by atoms with Gasteiger partial charge in [0.05, 0.1) is 7.11 Å². The van der Waals surface area contributed by atoms with Gasteiger partial charge in [-0.1, -0.05) is 18.2 Å². The van der Waals surface area contributed by atoms with Gasteiger partial charge in [-0.15, -0.1) is 0 Å². The van der Waals surface area contributed by atoms with Crippen molar-refractivity contribution < 1.29 is 9.47 Å². The predicted molar refractivity (Wildman–Crippen MR) is 73.5 cm³/mol. The Hall–Kier alpha value is -1.19. The summed E-state index contributed by atoms with van der Waals surface area (Å²) in [6, 6.07) is 4.10. The normalized spacial score (nSPS) is 17.2. The summed E-state index contributed by atoms with van der Waals surface area (Å²) in [5.41, 5.74) is 2.29. The number of halogens is 1. The summed E-state index contributed by atoms with van der Waals surface area (Å²) in [5, 5.41) is 3.81. The molecule has 0 amide bonds. The lowest BCUT2D eigenvalue weighted by Gasteiger charge is -2.11. The van der Waals surface area contributed by atoms with Crippen LogP contribution in [0.4, 0.5) is 0 Å². The standard InChI is InChI=1S/C14H18ClNO2/c1-9(15)7-16-8-12-6-14-11(4-10(2)18-14)5-13(12)17-3/h5-6,10,16H,1,4,7-8H2,2-3H3. The van der Waals surface area contributed by atoms with Crippen LogP contribution in [0.2, 0.25) is 0 Å². The Bertz CT molecular complexity index is 459. The van der Waals surface area contributed by atoms with E-state index in [1.807, 2.05) is 6.07 Å². The van der Waals surface area contributed by atoms with Gasteiger partial charge in [-0.25, -0.2) is 0 Å². The molecule has 0 spiro atoms. The molecule has 0 fully saturated rings. The zero-order valence-electron chi connectivity index (χ0n) is 10.8. The molecule has 2 rings (SSSR count). The minimum Gasteiger partial charge on any atom is -0.496 e. The van der Waals surface area contributed by atoms with Crippen molar-refractivity contribution in [3.8, 4) is 11.5 Å². The molecule has 1 aromatic rings. The van der Waals surface area contributed by atoms with Gasteiger partial charge in [-0.2, -0.15) is 0 Å². The highest BCUT2D eigenvalue weighted by Crippen LogP contribution is 2.34. The Morgan fingerprint density at radius 3 is 3.06 bits per heavy atom. The minimum atomic E-state index is 0.246. The van der Waals surface area contributed by atoms with Gasteiger partial charge < -0.3 is 14.8 Å². The van der Waals surface area contributed by atoms with Crippen LogP contribution >= 0.6 is 11.6 Å². The van der Waals surface area contributed by atoms with Crippen molar-refractivity contribution in [2.75, 3.05) is 13.7 Å². The van der Waals surface area contributed by atoms with Crippen LogP contribution in [0.5, 0.6) is 11.5 Å². The average molecular weight is 268 g/mol. The third-order valence-electron chi connectivity index (χ3n) is 2.93. The second-order valence-corrected chi connectivity index (χ2v) is 5.06. The Labute approximate surface area is 113 Å². The van der Waals surface area contributed by atoms with E-state index in [2.05, 4.69) is 24.9 Å². The van der Waals surface area contributed by atoms with E-state index in [1.54, 1.807) is 7.11 Å². The highest BCUT2D eigenvalue weighted by atomic mass is 35.5. The van der Waals surface area contributed by atoms with Crippen molar-refractivity contribution >= 4 is 11.6 Å². The first kappa shape index (κ1) is 13.2. The smallest absolute Gasteiger partial charge is 0.123 e. The number of methoxy groups -OCH3 is 1. The number of ether oxygens (including phenoxy) is 2. The fraction of sp³-hybridized carbons (Fsp3) is 0.429. The molecule has 0 radical (unpaired) electrons. The molecule has 0 saturated heterocycles. The zero-order chi connectivity index (χ0) is 13.1. The van der Waals surface area contributed by atoms with Gasteiger partial charge in [0.25, 0.3) is 0 Å². The first-order chi connectivity index (χ1) is 8.60. The Morgan fingerprint density at radius 2 is 2.39 bits per heavy atom. The number of rotatable bonds is 5. The van der Waals surface area contributed by atoms with Crippen LogP contribution in [0, 0.1) is 0 Å². The molecule has 1 atom stereocenters. The van der Waals surface area contributed by atoms with Gasteiger partial charge in [0, 0.05) is 35.7 Å². The highest BCUT2D eigenvalue weighted by Gasteiger charge is 2.21. The summed E-state index contributed by atoms with van der Waals surface area (Å²) in [5.74, 6) is 1.85. The SMILES string of the molecule is C=C(Cl)CNCc1cc2c(cc1OC)CC(C)O2. The number of fused-ring (bicyclic) bond motifs is 1. The molecule has 0 bridgehead atoms. The minimum absolute atomic E-state index is 0.246. The van der Waals surface area contributed by atoms with Gasteiger partial charge in [0.1, 0.15) is 17.6 Å². The third-order valence-corrected chi connectivity index (χ3v) is 3.06. The van der Waals surface area contributed by atoms with E-state index < -0.39 is 0 Å². The number of hydrogen-bond donors (Lipinski definition) is 1. The van der Waals surface area contributed by atoms with E-state index in [0.29, 0.717) is 18.1 Å². The van der Waals surface area contributed by atoms with Crippen LogP contribution in [0.15, 0.2) is 23.7 Å². The van der Waals surface area contributed by atoms with Crippen LogP contribution in [-0.2, 0) is 13.0 Å². The summed E-state index contributed by atoms with van der Waals surface area (Å²) in [6.07, 6.45) is 1.19. The van der Waals surface area contributed by atoms with Crippen LogP contribution in [-0.4, -0.2) is 19.8 Å². The molecule has 4 heteroatoms. The molecular formula is C14H18ClNO2. The largest absolute Gasteiger partial charge is 0.496 e. The summed E-state index contributed by atoms with van der Waals surface area (Å²) in [6.45, 7) is 6.98. The topological polar surface area (TPSA) is 30.5 Å². The van der Waals surface area contributed by atoms with Crippen molar-refractivity contribution in [1.29, 1.82) is 0 Å². The Morgan fingerprint density at radius 1 is 1.61 bits per heavy atom. The molecule has 1 N–H and O–H groups in total. The molecule has 1 aliphatic rings. The summed E-state index contributed by atoms with van der Waals surface area (Å²) in [4.78, 5) is 0. The molecular weight excluding hydrogens is 250 g/mol.